The zero-order valence-electron chi connectivity index (χ0n) is 17.9. The summed E-state index contributed by atoms with van der Waals surface area (Å²) in [5.74, 6) is 1.13. The van der Waals surface area contributed by atoms with E-state index in [1.54, 1.807) is 0 Å². The van der Waals surface area contributed by atoms with E-state index in [9.17, 15) is 9.59 Å². The van der Waals surface area contributed by atoms with Crippen LogP contribution in [0.2, 0.25) is 0 Å². The maximum atomic E-state index is 14.1. The molecular weight excluding hydrogens is 374 g/mol. The number of nitrogens with zero attached hydrogens (tertiary/aromatic N) is 1. The van der Waals surface area contributed by atoms with Crippen LogP contribution in [-0.2, 0) is 9.59 Å². The van der Waals surface area contributed by atoms with Crippen molar-refractivity contribution in [1.82, 2.24) is 10.2 Å². The van der Waals surface area contributed by atoms with Gasteiger partial charge in [0.1, 0.15) is 0 Å². The molecule has 162 valence electrons. The highest BCUT2D eigenvalue weighted by atomic mass is 16.2. The number of hydrogen-bond donors (Lipinski definition) is 2. The molecule has 3 atom stereocenters. The molecule has 1 aromatic rings. The van der Waals surface area contributed by atoms with Gasteiger partial charge in [0, 0.05) is 24.2 Å². The van der Waals surface area contributed by atoms with Crippen LogP contribution in [0, 0.1) is 11.8 Å². The van der Waals surface area contributed by atoms with Crippen molar-refractivity contribution in [1.29, 1.82) is 0 Å². The second-order valence-electron chi connectivity index (χ2n) is 9.93. The summed E-state index contributed by atoms with van der Waals surface area (Å²) in [6, 6.07) is 8.56. The summed E-state index contributed by atoms with van der Waals surface area (Å²) in [7, 11) is 0. The molecule has 30 heavy (non-hydrogen) atoms. The number of fused-ring (bicyclic) bond motifs is 1. The van der Waals surface area contributed by atoms with E-state index < -0.39 is 0 Å². The summed E-state index contributed by atoms with van der Waals surface area (Å²) in [4.78, 5) is 28.7. The average Bonchev–Trinajstić information content (AvgIpc) is 3.45. The minimum absolute atomic E-state index is 0.0332. The van der Waals surface area contributed by atoms with Gasteiger partial charge < -0.3 is 15.5 Å². The first-order chi connectivity index (χ1) is 14.7. The van der Waals surface area contributed by atoms with Crippen molar-refractivity contribution in [2.45, 2.75) is 82.2 Å². The molecular formula is C25H35N3O2. The first-order valence-corrected chi connectivity index (χ1v) is 12.1. The van der Waals surface area contributed by atoms with Crippen LogP contribution in [0.5, 0.6) is 0 Å². The summed E-state index contributed by atoms with van der Waals surface area (Å²) in [6.45, 7) is 2.09. The maximum absolute atomic E-state index is 14.1. The maximum Gasteiger partial charge on any atom is 0.231 e. The molecule has 5 heteroatoms. The lowest BCUT2D eigenvalue weighted by Gasteiger charge is -2.41. The van der Waals surface area contributed by atoms with Gasteiger partial charge in [0.2, 0.25) is 11.8 Å². The Hall–Kier alpha value is -1.88. The number of para-hydroxylation sites is 1. The van der Waals surface area contributed by atoms with Gasteiger partial charge in [-0.05, 0) is 62.2 Å². The molecule has 0 spiro atoms. The van der Waals surface area contributed by atoms with Crippen LogP contribution < -0.4 is 10.6 Å². The van der Waals surface area contributed by atoms with Crippen molar-refractivity contribution in [2.24, 2.45) is 11.8 Å². The van der Waals surface area contributed by atoms with E-state index >= 15 is 0 Å². The monoisotopic (exact) mass is 409 g/mol. The van der Waals surface area contributed by atoms with Crippen molar-refractivity contribution in [3.05, 3.63) is 29.8 Å². The van der Waals surface area contributed by atoms with Gasteiger partial charge in [0.25, 0.3) is 0 Å². The summed E-state index contributed by atoms with van der Waals surface area (Å²) in [5, 5.41) is 6.50. The highest BCUT2D eigenvalue weighted by molar-refractivity contribution is 6.01. The summed E-state index contributed by atoms with van der Waals surface area (Å²) >= 11 is 0. The van der Waals surface area contributed by atoms with Crippen LogP contribution in [0.4, 0.5) is 5.69 Å². The largest absolute Gasteiger partial charge is 0.336 e. The van der Waals surface area contributed by atoms with E-state index in [1.165, 1.54) is 32.1 Å². The fourth-order valence-corrected chi connectivity index (χ4v) is 6.08. The molecule has 1 aromatic carbocycles. The Morgan fingerprint density at radius 3 is 2.60 bits per heavy atom. The van der Waals surface area contributed by atoms with Crippen molar-refractivity contribution < 1.29 is 9.59 Å². The molecule has 4 aliphatic rings. The van der Waals surface area contributed by atoms with Gasteiger partial charge in [0.05, 0.1) is 5.92 Å². The van der Waals surface area contributed by atoms with E-state index in [0.717, 1.165) is 55.9 Å². The molecule has 0 radical (unpaired) electrons. The minimum Gasteiger partial charge on any atom is -0.336 e. The predicted octanol–water partition coefficient (Wildman–Crippen LogP) is 4.05. The molecule has 1 saturated heterocycles. The van der Waals surface area contributed by atoms with Gasteiger partial charge in [-0.25, -0.2) is 0 Å². The van der Waals surface area contributed by atoms with Crippen LogP contribution in [0.1, 0.15) is 75.7 Å². The van der Waals surface area contributed by atoms with E-state index in [4.69, 9.17) is 0 Å². The molecule has 5 nitrogen and oxygen atoms in total. The van der Waals surface area contributed by atoms with Crippen LogP contribution in [-0.4, -0.2) is 41.9 Å². The zero-order chi connectivity index (χ0) is 20.5. The Bertz CT molecular complexity index is 778. The Balaban J connectivity index is 1.43. The highest BCUT2D eigenvalue weighted by Gasteiger charge is 2.45. The molecule has 2 amide bonds. The van der Waals surface area contributed by atoms with Crippen LogP contribution >= 0.6 is 0 Å². The first-order valence-electron chi connectivity index (χ1n) is 12.1. The minimum atomic E-state index is -0.334. The Morgan fingerprint density at radius 2 is 1.87 bits per heavy atom. The smallest absolute Gasteiger partial charge is 0.231 e. The molecule has 2 N–H and O–H groups in total. The average molecular weight is 410 g/mol. The number of carbonyl (C=O) groups is 2. The molecule has 2 aliphatic heterocycles. The molecule has 0 bridgehead atoms. The second-order valence-corrected chi connectivity index (χ2v) is 9.93. The molecule has 0 aromatic heterocycles. The third kappa shape index (κ3) is 4.14. The lowest BCUT2D eigenvalue weighted by Crippen LogP contribution is -2.50. The number of rotatable bonds is 6. The molecule has 2 saturated carbocycles. The molecule has 1 unspecified atom stereocenters. The van der Waals surface area contributed by atoms with Crippen LogP contribution in [0.25, 0.3) is 0 Å². The van der Waals surface area contributed by atoms with Crippen molar-refractivity contribution in [3.63, 3.8) is 0 Å². The van der Waals surface area contributed by atoms with Gasteiger partial charge in [-0.15, -0.1) is 0 Å². The lowest BCUT2D eigenvalue weighted by molar-refractivity contribution is -0.139. The normalized spacial score (nSPS) is 27.9. The van der Waals surface area contributed by atoms with E-state index in [2.05, 4.69) is 15.5 Å². The van der Waals surface area contributed by atoms with Crippen molar-refractivity contribution in [2.75, 3.05) is 18.4 Å². The lowest BCUT2D eigenvalue weighted by atomic mass is 9.80. The van der Waals surface area contributed by atoms with Gasteiger partial charge in [-0.1, -0.05) is 50.3 Å². The van der Waals surface area contributed by atoms with Gasteiger partial charge in [-0.2, -0.15) is 0 Å². The van der Waals surface area contributed by atoms with Gasteiger partial charge in [-0.3, -0.25) is 9.59 Å². The highest BCUT2D eigenvalue weighted by Crippen LogP contribution is 2.41. The van der Waals surface area contributed by atoms with E-state index in [1.807, 2.05) is 24.3 Å². The number of carbonyl (C=O) groups excluding carboxylic acids is 2. The zero-order valence-corrected chi connectivity index (χ0v) is 17.9. The molecule has 2 heterocycles. The summed E-state index contributed by atoms with van der Waals surface area (Å²) in [6.07, 6.45) is 11.5. The van der Waals surface area contributed by atoms with E-state index in [-0.39, 0.29) is 24.2 Å². The summed E-state index contributed by atoms with van der Waals surface area (Å²) in [5.41, 5.74) is 1.81. The first kappa shape index (κ1) is 20.0. The second kappa shape index (κ2) is 8.70. The Kier molecular flexibility index (Phi) is 5.81. The van der Waals surface area contributed by atoms with E-state index in [0.29, 0.717) is 18.0 Å². The molecule has 3 fully saturated rings. The molecule has 5 rings (SSSR count). The third-order valence-corrected chi connectivity index (χ3v) is 7.79. The number of hydrogen-bond acceptors (Lipinski definition) is 3. The van der Waals surface area contributed by atoms with Crippen LogP contribution in [0.15, 0.2) is 24.3 Å². The van der Waals surface area contributed by atoms with Crippen molar-refractivity contribution in [3.8, 4) is 0 Å². The SMILES string of the molecule is O=C1C[C@H](C(=O)N(C2CC2)C(CC2CCCCC2)[C@H]2CCNC2)c2ccccc2N1. The van der Waals surface area contributed by atoms with Gasteiger partial charge >= 0.3 is 0 Å². The predicted molar refractivity (Wildman–Crippen MR) is 118 cm³/mol. The van der Waals surface area contributed by atoms with Crippen molar-refractivity contribution >= 4 is 17.5 Å². The Labute approximate surface area is 180 Å². The summed E-state index contributed by atoms with van der Waals surface area (Å²) < 4.78 is 0. The number of benzene rings is 1. The topological polar surface area (TPSA) is 61.4 Å². The third-order valence-electron chi connectivity index (χ3n) is 7.79. The number of amides is 2. The number of anilines is 1. The molecule has 2 aliphatic carbocycles. The van der Waals surface area contributed by atoms with Crippen LogP contribution in [0.3, 0.4) is 0 Å². The standard InChI is InChI=1S/C25H35N3O2/c29-24-15-21(20-8-4-5-9-22(20)27-24)25(30)28(19-10-11-19)23(18-12-13-26-16-18)14-17-6-2-1-3-7-17/h4-5,8-9,17-19,21,23,26H,1-3,6-7,10-16H2,(H,27,29)/t18-,21-,23?/m0/s1. The Morgan fingerprint density at radius 1 is 1.07 bits per heavy atom. The van der Waals surface area contributed by atoms with Gasteiger partial charge in [0.15, 0.2) is 0 Å². The quantitative estimate of drug-likeness (QED) is 0.745. The fourth-order valence-electron chi connectivity index (χ4n) is 6.08. The number of nitrogens with one attached hydrogen (secondary N) is 2. The fraction of sp³-hybridized carbons (Fsp3) is 0.680.